The zero-order valence-corrected chi connectivity index (χ0v) is 5.37. The lowest BCUT2D eigenvalue weighted by molar-refractivity contribution is 0.750. The molecule has 3 heteroatoms. The third-order valence-electron chi connectivity index (χ3n) is 1.27. The van der Waals surface area contributed by atoms with Crippen LogP contribution in [-0.4, -0.2) is 24.3 Å². The maximum Gasteiger partial charge on any atom is 0.0739 e. The van der Waals surface area contributed by atoms with Crippen molar-refractivity contribution in [1.82, 2.24) is 5.32 Å². The number of rotatable bonds is 1. The van der Waals surface area contributed by atoms with E-state index in [1.807, 2.05) is 0 Å². The largest absolute Gasteiger partial charge is 0.314 e. The smallest absolute Gasteiger partial charge is 0.0739 e. The summed E-state index contributed by atoms with van der Waals surface area (Å²) < 4.78 is 0. The van der Waals surface area contributed by atoms with Gasteiger partial charge in [-0.25, -0.2) is 4.99 Å². The van der Waals surface area contributed by atoms with Crippen LogP contribution >= 0.6 is 12.2 Å². The van der Waals surface area contributed by atoms with Gasteiger partial charge in [-0.3, -0.25) is 0 Å². The van der Waals surface area contributed by atoms with Gasteiger partial charge < -0.3 is 5.32 Å². The van der Waals surface area contributed by atoms with Gasteiger partial charge >= 0.3 is 0 Å². The molecule has 0 amide bonds. The van der Waals surface area contributed by atoms with Gasteiger partial charge in [0.1, 0.15) is 0 Å². The highest BCUT2D eigenvalue weighted by Gasteiger charge is 2.10. The molecule has 2 nitrogen and oxygen atoms in total. The second-order valence-corrected chi connectivity index (χ2v) is 2.05. The molecular formula is C5H8N2S. The third kappa shape index (κ3) is 1.37. The van der Waals surface area contributed by atoms with Crippen LogP contribution in [0.25, 0.3) is 0 Å². The first-order valence-corrected chi connectivity index (χ1v) is 3.12. The Morgan fingerprint density at radius 3 is 3.12 bits per heavy atom. The van der Waals surface area contributed by atoms with E-state index >= 15 is 0 Å². The highest BCUT2D eigenvalue weighted by Crippen LogP contribution is 1.99. The van der Waals surface area contributed by atoms with E-state index in [9.17, 15) is 0 Å². The molecule has 8 heavy (non-hydrogen) atoms. The van der Waals surface area contributed by atoms with Crippen molar-refractivity contribution in [2.45, 2.75) is 12.5 Å². The maximum atomic E-state index is 4.44. The predicted molar refractivity (Wildman–Crippen MR) is 36.3 cm³/mol. The molecule has 44 valence electrons. The van der Waals surface area contributed by atoms with Crippen LogP contribution in [0.15, 0.2) is 4.99 Å². The van der Waals surface area contributed by atoms with E-state index in [-0.39, 0.29) is 0 Å². The molecule has 0 unspecified atom stereocenters. The minimum Gasteiger partial charge on any atom is -0.314 e. The number of aliphatic imine (C=N–C) groups is 1. The Morgan fingerprint density at radius 2 is 2.62 bits per heavy atom. The van der Waals surface area contributed by atoms with Crippen LogP contribution in [0.1, 0.15) is 6.42 Å². The number of isothiocyanates is 1. The van der Waals surface area contributed by atoms with Crippen molar-refractivity contribution in [1.29, 1.82) is 0 Å². The van der Waals surface area contributed by atoms with E-state index < -0.39 is 0 Å². The lowest BCUT2D eigenvalue weighted by Gasteiger charge is -1.92. The van der Waals surface area contributed by atoms with Gasteiger partial charge in [-0.2, -0.15) is 0 Å². The van der Waals surface area contributed by atoms with Gasteiger partial charge in [0.05, 0.1) is 11.2 Å². The molecule has 1 aliphatic heterocycles. The van der Waals surface area contributed by atoms with Crippen molar-refractivity contribution in [2.24, 2.45) is 4.99 Å². The molecule has 1 fully saturated rings. The van der Waals surface area contributed by atoms with Crippen LogP contribution in [0.4, 0.5) is 0 Å². The van der Waals surface area contributed by atoms with E-state index in [1.165, 1.54) is 0 Å². The Bertz CT molecular complexity index is 112. The van der Waals surface area contributed by atoms with Gasteiger partial charge in [0.15, 0.2) is 0 Å². The van der Waals surface area contributed by atoms with Crippen LogP contribution in [0.3, 0.4) is 0 Å². The van der Waals surface area contributed by atoms with Gasteiger partial charge in [-0.1, -0.05) is 0 Å². The van der Waals surface area contributed by atoms with Crippen molar-refractivity contribution in [3.63, 3.8) is 0 Å². The molecule has 0 bridgehead atoms. The summed E-state index contributed by atoms with van der Waals surface area (Å²) in [6, 6.07) is 0.410. The number of hydrogen-bond donors (Lipinski definition) is 1. The van der Waals surface area contributed by atoms with Crippen molar-refractivity contribution < 1.29 is 0 Å². The molecule has 0 aromatic heterocycles. The van der Waals surface area contributed by atoms with Crippen LogP contribution in [0.5, 0.6) is 0 Å². The van der Waals surface area contributed by atoms with E-state index in [1.54, 1.807) is 0 Å². The zero-order valence-electron chi connectivity index (χ0n) is 4.55. The standard InChI is InChI=1S/C5H8N2S/c8-4-7-5-1-2-6-3-5/h5-6H,1-3H2/t5-/m1/s1. The van der Waals surface area contributed by atoms with Crippen molar-refractivity contribution in [2.75, 3.05) is 13.1 Å². The average molecular weight is 128 g/mol. The summed E-state index contributed by atoms with van der Waals surface area (Å²) in [6.45, 7) is 2.05. The van der Waals surface area contributed by atoms with Crippen molar-refractivity contribution in [3.8, 4) is 0 Å². The minimum absolute atomic E-state index is 0.410. The Balaban J connectivity index is 2.35. The molecular weight excluding hydrogens is 120 g/mol. The second kappa shape index (κ2) is 2.92. The van der Waals surface area contributed by atoms with Gasteiger partial charge in [0.25, 0.3) is 0 Å². The number of nitrogens with one attached hydrogen (secondary N) is 1. The summed E-state index contributed by atoms with van der Waals surface area (Å²) in [5.41, 5.74) is 0. The zero-order chi connectivity index (χ0) is 5.82. The summed E-state index contributed by atoms with van der Waals surface area (Å²) in [5, 5.41) is 5.56. The molecule has 1 aliphatic rings. The Morgan fingerprint density at radius 1 is 1.75 bits per heavy atom. The summed E-state index contributed by atoms with van der Waals surface area (Å²) >= 11 is 4.44. The second-order valence-electron chi connectivity index (χ2n) is 1.87. The highest BCUT2D eigenvalue weighted by molar-refractivity contribution is 7.78. The topological polar surface area (TPSA) is 24.4 Å². The third-order valence-corrected chi connectivity index (χ3v) is 1.37. The highest BCUT2D eigenvalue weighted by atomic mass is 32.1. The first-order valence-electron chi connectivity index (χ1n) is 2.71. The molecule has 0 radical (unpaired) electrons. The maximum absolute atomic E-state index is 4.44. The monoisotopic (exact) mass is 128 g/mol. The summed E-state index contributed by atoms with van der Waals surface area (Å²) in [5.74, 6) is 0. The Labute approximate surface area is 54.0 Å². The lowest BCUT2D eigenvalue weighted by Crippen LogP contribution is -2.10. The van der Waals surface area contributed by atoms with Gasteiger partial charge in [0.2, 0.25) is 0 Å². The Kier molecular flexibility index (Phi) is 2.15. The number of hydrogen-bond acceptors (Lipinski definition) is 3. The predicted octanol–water partition coefficient (Wildman–Crippen LogP) is 0.451. The van der Waals surface area contributed by atoms with E-state index in [0.29, 0.717) is 6.04 Å². The lowest BCUT2D eigenvalue weighted by atomic mass is 10.3. The van der Waals surface area contributed by atoms with Gasteiger partial charge in [0, 0.05) is 6.54 Å². The van der Waals surface area contributed by atoms with Crippen LogP contribution < -0.4 is 5.32 Å². The van der Waals surface area contributed by atoms with E-state index in [4.69, 9.17) is 0 Å². The molecule has 0 spiro atoms. The molecule has 0 saturated carbocycles. The first kappa shape index (κ1) is 5.89. The van der Waals surface area contributed by atoms with Gasteiger partial charge in [-0.05, 0) is 25.2 Å². The van der Waals surface area contributed by atoms with E-state index in [0.717, 1.165) is 19.5 Å². The average Bonchev–Trinajstić information content (AvgIpc) is 2.19. The van der Waals surface area contributed by atoms with Crippen molar-refractivity contribution in [3.05, 3.63) is 0 Å². The minimum atomic E-state index is 0.410. The molecule has 0 aliphatic carbocycles. The number of thiocarbonyl (C=S) groups is 1. The molecule has 1 saturated heterocycles. The summed E-state index contributed by atoms with van der Waals surface area (Å²) in [4.78, 5) is 3.93. The van der Waals surface area contributed by atoms with Crippen LogP contribution in [0, 0.1) is 0 Å². The summed E-state index contributed by atoms with van der Waals surface area (Å²) in [7, 11) is 0. The summed E-state index contributed by atoms with van der Waals surface area (Å²) in [6.07, 6.45) is 1.11. The molecule has 0 aromatic rings. The first-order chi connectivity index (χ1) is 3.93. The van der Waals surface area contributed by atoms with E-state index in [2.05, 4.69) is 27.7 Å². The fraction of sp³-hybridized carbons (Fsp3) is 0.800. The van der Waals surface area contributed by atoms with Crippen LogP contribution in [-0.2, 0) is 0 Å². The Hall–Kier alpha value is -0.240. The van der Waals surface area contributed by atoms with Crippen LogP contribution in [0.2, 0.25) is 0 Å². The van der Waals surface area contributed by atoms with Crippen molar-refractivity contribution >= 4 is 17.4 Å². The molecule has 1 atom stereocenters. The molecule has 0 aromatic carbocycles. The SMILES string of the molecule is S=C=N[C@@H]1CCNC1. The normalized spacial score (nSPS) is 27.2. The fourth-order valence-corrected chi connectivity index (χ4v) is 0.973. The number of nitrogens with zero attached hydrogens (tertiary/aromatic N) is 1. The molecule has 1 heterocycles. The fourth-order valence-electron chi connectivity index (χ4n) is 0.824. The molecule has 1 rings (SSSR count). The molecule has 1 N–H and O–H groups in total. The van der Waals surface area contributed by atoms with Gasteiger partial charge in [-0.15, -0.1) is 0 Å². The quantitative estimate of drug-likeness (QED) is 0.409.